The third-order valence-electron chi connectivity index (χ3n) is 4.28. The fraction of sp³-hybridized carbons (Fsp3) is 0.562. The lowest BCUT2D eigenvalue weighted by Gasteiger charge is -2.40. The molecule has 0 aliphatic carbocycles. The quantitative estimate of drug-likeness (QED) is 0.918. The van der Waals surface area contributed by atoms with Crippen molar-refractivity contribution in [1.82, 2.24) is 10.2 Å². The molecule has 0 spiro atoms. The van der Waals surface area contributed by atoms with Crippen LogP contribution in [0.2, 0.25) is 0 Å². The van der Waals surface area contributed by atoms with E-state index in [0.717, 1.165) is 24.4 Å². The highest BCUT2D eigenvalue weighted by molar-refractivity contribution is 5.84. The standard InChI is InChI=1S/C16H24N2O2/c1-11(14-6-5-7-15(10-14)20-4)16(19)18-9-8-17-12(2)13(18)3/h5-7,10-13,17H,8-9H2,1-4H3. The van der Waals surface area contributed by atoms with Crippen LogP contribution in [0.25, 0.3) is 0 Å². The molecular weight excluding hydrogens is 252 g/mol. The molecule has 1 N–H and O–H groups in total. The molecule has 3 unspecified atom stereocenters. The molecule has 1 fully saturated rings. The van der Waals surface area contributed by atoms with Crippen LogP contribution in [0.15, 0.2) is 24.3 Å². The van der Waals surface area contributed by atoms with Gasteiger partial charge < -0.3 is 15.0 Å². The lowest BCUT2D eigenvalue weighted by Crippen LogP contribution is -2.57. The summed E-state index contributed by atoms with van der Waals surface area (Å²) in [6.45, 7) is 7.84. The monoisotopic (exact) mass is 276 g/mol. The minimum Gasteiger partial charge on any atom is -0.497 e. The van der Waals surface area contributed by atoms with Gasteiger partial charge in [-0.2, -0.15) is 0 Å². The summed E-state index contributed by atoms with van der Waals surface area (Å²) in [5.41, 5.74) is 1.01. The van der Waals surface area contributed by atoms with E-state index in [2.05, 4.69) is 19.2 Å². The molecule has 1 aromatic carbocycles. The number of benzene rings is 1. The van der Waals surface area contributed by atoms with Crippen LogP contribution in [0.5, 0.6) is 5.75 Å². The Morgan fingerprint density at radius 3 is 2.90 bits per heavy atom. The Hall–Kier alpha value is -1.55. The number of ether oxygens (including phenoxy) is 1. The number of rotatable bonds is 3. The number of carbonyl (C=O) groups excluding carboxylic acids is 1. The Bertz CT molecular complexity index is 475. The maximum Gasteiger partial charge on any atom is 0.230 e. The van der Waals surface area contributed by atoms with E-state index in [1.54, 1.807) is 7.11 Å². The average Bonchev–Trinajstić information content (AvgIpc) is 2.48. The van der Waals surface area contributed by atoms with Gasteiger partial charge in [0.05, 0.1) is 13.0 Å². The normalized spacial score (nSPS) is 24.3. The highest BCUT2D eigenvalue weighted by Crippen LogP contribution is 2.24. The van der Waals surface area contributed by atoms with Crippen molar-refractivity contribution in [2.75, 3.05) is 20.2 Å². The maximum absolute atomic E-state index is 12.7. The first kappa shape index (κ1) is 14.9. The van der Waals surface area contributed by atoms with E-state index < -0.39 is 0 Å². The van der Waals surface area contributed by atoms with E-state index in [-0.39, 0.29) is 17.9 Å². The van der Waals surface area contributed by atoms with E-state index in [1.165, 1.54) is 0 Å². The van der Waals surface area contributed by atoms with Gasteiger partial charge in [0.1, 0.15) is 5.75 Å². The zero-order valence-corrected chi connectivity index (χ0v) is 12.7. The number of methoxy groups -OCH3 is 1. The summed E-state index contributed by atoms with van der Waals surface area (Å²) < 4.78 is 5.23. The van der Waals surface area contributed by atoms with Crippen molar-refractivity contribution >= 4 is 5.91 Å². The smallest absolute Gasteiger partial charge is 0.230 e. The van der Waals surface area contributed by atoms with Crippen LogP contribution < -0.4 is 10.1 Å². The highest BCUT2D eigenvalue weighted by atomic mass is 16.5. The molecule has 1 amide bonds. The molecule has 4 heteroatoms. The summed E-state index contributed by atoms with van der Waals surface area (Å²) in [7, 11) is 1.64. The van der Waals surface area contributed by atoms with Crippen LogP contribution in [0.3, 0.4) is 0 Å². The van der Waals surface area contributed by atoms with Gasteiger partial charge in [0.15, 0.2) is 0 Å². The molecule has 110 valence electrons. The fourth-order valence-electron chi connectivity index (χ4n) is 2.67. The van der Waals surface area contributed by atoms with Crippen molar-refractivity contribution in [3.05, 3.63) is 29.8 Å². The number of hydrogen-bond acceptors (Lipinski definition) is 3. The van der Waals surface area contributed by atoms with Crippen molar-refractivity contribution < 1.29 is 9.53 Å². The molecule has 0 bridgehead atoms. The number of piperazine rings is 1. The average molecular weight is 276 g/mol. The number of amides is 1. The van der Waals surface area contributed by atoms with Gasteiger partial charge >= 0.3 is 0 Å². The second kappa shape index (κ2) is 6.27. The highest BCUT2D eigenvalue weighted by Gasteiger charge is 2.31. The van der Waals surface area contributed by atoms with E-state index in [9.17, 15) is 4.79 Å². The third-order valence-corrected chi connectivity index (χ3v) is 4.28. The number of carbonyl (C=O) groups is 1. The van der Waals surface area contributed by atoms with Crippen LogP contribution in [-0.4, -0.2) is 43.1 Å². The minimum atomic E-state index is -0.141. The van der Waals surface area contributed by atoms with Gasteiger partial charge in [0.25, 0.3) is 0 Å². The SMILES string of the molecule is COc1cccc(C(C)C(=O)N2CCNC(C)C2C)c1. The van der Waals surface area contributed by atoms with E-state index >= 15 is 0 Å². The van der Waals surface area contributed by atoms with Gasteiger partial charge in [-0.15, -0.1) is 0 Å². The van der Waals surface area contributed by atoms with Crippen LogP contribution in [-0.2, 0) is 4.79 Å². The van der Waals surface area contributed by atoms with E-state index in [0.29, 0.717) is 6.04 Å². The summed E-state index contributed by atoms with van der Waals surface area (Å²) in [6.07, 6.45) is 0. The second-order valence-corrected chi connectivity index (χ2v) is 5.51. The van der Waals surface area contributed by atoms with Gasteiger partial charge in [-0.25, -0.2) is 0 Å². The van der Waals surface area contributed by atoms with Crippen molar-refractivity contribution in [3.8, 4) is 5.75 Å². The van der Waals surface area contributed by atoms with Crippen LogP contribution in [0.1, 0.15) is 32.3 Å². The molecule has 3 atom stereocenters. The van der Waals surface area contributed by atoms with E-state index in [4.69, 9.17) is 4.74 Å². The van der Waals surface area contributed by atoms with Crippen molar-refractivity contribution in [1.29, 1.82) is 0 Å². The lowest BCUT2D eigenvalue weighted by molar-refractivity contribution is -0.136. The predicted molar refractivity (Wildman–Crippen MR) is 80.0 cm³/mol. The predicted octanol–water partition coefficient (Wildman–Crippen LogP) is 2.01. The Balaban J connectivity index is 2.15. The number of nitrogens with zero attached hydrogens (tertiary/aromatic N) is 1. The first-order valence-electron chi connectivity index (χ1n) is 7.22. The van der Waals surface area contributed by atoms with E-state index in [1.807, 2.05) is 36.1 Å². The van der Waals surface area contributed by atoms with Crippen LogP contribution in [0, 0.1) is 0 Å². The topological polar surface area (TPSA) is 41.6 Å². The van der Waals surface area contributed by atoms with Gasteiger partial charge in [-0.05, 0) is 38.5 Å². The Kier molecular flexibility index (Phi) is 4.65. The Morgan fingerprint density at radius 1 is 1.45 bits per heavy atom. The molecule has 2 rings (SSSR count). The molecule has 1 aromatic rings. The molecule has 1 aliphatic rings. The molecule has 20 heavy (non-hydrogen) atoms. The van der Waals surface area contributed by atoms with Crippen LogP contribution >= 0.6 is 0 Å². The number of hydrogen-bond donors (Lipinski definition) is 1. The minimum absolute atomic E-state index is 0.141. The lowest BCUT2D eigenvalue weighted by atomic mass is 9.97. The molecule has 1 saturated heterocycles. The Labute approximate surface area is 121 Å². The van der Waals surface area contributed by atoms with Gasteiger partial charge in [0.2, 0.25) is 5.91 Å². The molecule has 1 aliphatic heterocycles. The summed E-state index contributed by atoms with van der Waals surface area (Å²) >= 11 is 0. The molecule has 1 heterocycles. The summed E-state index contributed by atoms with van der Waals surface area (Å²) in [4.78, 5) is 14.7. The summed E-state index contributed by atoms with van der Waals surface area (Å²) in [5.74, 6) is 0.848. The van der Waals surface area contributed by atoms with Gasteiger partial charge in [-0.3, -0.25) is 4.79 Å². The first-order chi connectivity index (χ1) is 9.54. The second-order valence-electron chi connectivity index (χ2n) is 5.51. The van der Waals surface area contributed by atoms with Crippen molar-refractivity contribution in [2.45, 2.75) is 38.8 Å². The fourth-order valence-corrected chi connectivity index (χ4v) is 2.67. The molecule has 0 aromatic heterocycles. The van der Waals surface area contributed by atoms with Crippen molar-refractivity contribution in [2.24, 2.45) is 0 Å². The van der Waals surface area contributed by atoms with Crippen molar-refractivity contribution in [3.63, 3.8) is 0 Å². The zero-order chi connectivity index (χ0) is 14.7. The Morgan fingerprint density at radius 2 is 2.20 bits per heavy atom. The molecular formula is C16H24N2O2. The first-order valence-corrected chi connectivity index (χ1v) is 7.22. The maximum atomic E-state index is 12.7. The molecule has 4 nitrogen and oxygen atoms in total. The summed E-state index contributed by atoms with van der Waals surface area (Å²) in [5, 5.41) is 3.40. The van der Waals surface area contributed by atoms with Crippen LogP contribution in [0.4, 0.5) is 0 Å². The largest absolute Gasteiger partial charge is 0.497 e. The van der Waals surface area contributed by atoms with Gasteiger partial charge in [-0.1, -0.05) is 12.1 Å². The third kappa shape index (κ3) is 2.96. The number of nitrogens with one attached hydrogen (secondary N) is 1. The molecule has 0 radical (unpaired) electrons. The zero-order valence-electron chi connectivity index (χ0n) is 12.7. The molecule has 0 saturated carbocycles. The van der Waals surface area contributed by atoms with Gasteiger partial charge in [0, 0.05) is 25.2 Å². The summed E-state index contributed by atoms with van der Waals surface area (Å²) in [6, 6.07) is 8.33.